The van der Waals surface area contributed by atoms with Crippen molar-refractivity contribution in [3.8, 4) is 0 Å². The van der Waals surface area contributed by atoms with Crippen molar-refractivity contribution in [2.75, 3.05) is 40.2 Å². The van der Waals surface area contributed by atoms with E-state index in [1.807, 2.05) is 6.92 Å². The van der Waals surface area contributed by atoms with E-state index in [0.717, 1.165) is 0 Å². The highest BCUT2D eigenvalue weighted by Gasteiger charge is 2.45. The van der Waals surface area contributed by atoms with E-state index in [1.165, 1.54) is 0 Å². The molecule has 5 nitrogen and oxygen atoms in total. The summed E-state index contributed by atoms with van der Waals surface area (Å²) in [5, 5.41) is 0. The van der Waals surface area contributed by atoms with Gasteiger partial charge in [0.2, 0.25) is 0 Å². The van der Waals surface area contributed by atoms with E-state index < -0.39 is 17.6 Å². The average molecular weight is 340 g/mol. The predicted octanol–water partition coefficient (Wildman–Crippen LogP) is 1.20. The van der Waals surface area contributed by atoms with Gasteiger partial charge in [-0.25, -0.2) is 0 Å². The number of thiol groups is 1. The second kappa shape index (κ2) is 9.11. The number of ether oxygens (including phenoxy) is 4. The first-order valence-electron chi connectivity index (χ1n) is 6.46. The summed E-state index contributed by atoms with van der Waals surface area (Å²) < 4.78 is 27.4. The summed E-state index contributed by atoms with van der Waals surface area (Å²) in [5.74, 6) is 0. The minimum absolute atomic E-state index is 0.302. The maximum atomic E-state index is 5.97. The molecule has 2 unspecified atom stereocenters. The fourth-order valence-electron chi connectivity index (χ4n) is 1.90. The minimum Gasteiger partial charge on any atom is -0.382 e. The summed E-state index contributed by atoms with van der Waals surface area (Å²) in [6.07, 6.45) is -0.387. The smallest absolute Gasteiger partial charge is 0.120 e. The van der Waals surface area contributed by atoms with Gasteiger partial charge in [0, 0.05) is 26.4 Å². The van der Waals surface area contributed by atoms with Crippen molar-refractivity contribution in [1.82, 2.24) is 0 Å². The second-order valence-corrected chi connectivity index (χ2v) is 11.1. The lowest BCUT2D eigenvalue weighted by Gasteiger charge is -2.28. The quantitative estimate of drug-likeness (QED) is 0.295. The fourth-order valence-corrected chi connectivity index (χ4v) is 3.31. The van der Waals surface area contributed by atoms with Crippen molar-refractivity contribution >= 4 is 37.4 Å². The van der Waals surface area contributed by atoms with Gasteiger partial charge in [0.25, 0.3) is 0 Å². The Morgan fingerprint density at radius 3 is 2.50 bits per heavy atom. The van der Waals surface area contributed by atoms with Gasteiger partial charge in [-0.2, -0.15) is 0 Å². The molecular formula is C11H22BO5PS2. The van der Waals surface area contributed by atoms with Gasteiger partial charge in [0.1, 0.15) is 31.6 Å². The SMILES string of the molecule is [B][C@@H]1O[C@H](COC)C(OP(=S)(S)CC)[C@@H]1OCCOC. The standard InChI is InChI=1S/C11H22BO5PS2/c1-4-18(19,20)17-9-8(7-14-3)16-11(12)10(9)15-6-5-13-2/h8-11H,4-7H2,1-3H3,(H,19,20)/t8-,9?,10+,11-/m1/s1. The van der Waals surface area contributed by atoms with Gasteiger partial charge in [-0.3, -0.25) is 0 Å². The third kappa shape index (κ3) is 5.57. The Balaban J connectivity index is 2.74. The molecule has 1 aliphatic heterocycles. The first-order chi connectivity index (χ1) is 9.45. The van der Waals surface area contributed by atoms with E-state index in [-0.39, 0.29) is 12.2 Å². The lowest BCUT2D eigenvalue weighted by atomic mass is 9.93. The van der Waals surface area contributed by atoms with Crippen molar-refractivity contribution < 1.29 is 23.5 Å². The van der Waals surface area contributed by atoms with Gasteiger partial charge in [-0.1, -0.05) is 18.7 Å². The Hall–Kier alpha value is 0.865. The van der Waals surface area contributed by atoms with E-state index in [2.05, 4.69) is 12.2 Å². The van der Waals surface area contributed by atoms with Crippen LogP contribution in [0.4, 0.5) is 0 Å². The van der Waals surface area contributed by atoms with Gasteiger partial charge in [-0.15, -0.1) is 12.2 Å². The highest BCUT2D eigenvalue weighted by atomic mass is 32.9. The predicted molar refractivity (Wildman–Crippen MR) is 86.6 cm³/mol. The normalized spacial score (nSPS) is 33.2. The first-order valence-corrected chi connectivity index (χ1v) is 10.5. The van der Waals surface area contributed by atoms with Crippen molar-refractivity contribution in [2.45, 2.75) is 31.2 Å². The molecule has 0 saturated carbocycles. The summed E-state index contributed by atoms with van der Waals surface area (Å²) in [4.78, 5) is 0. The highest BCUT2D eigenvalue weighted by Crippen LogP contribution is 2.54. The van der Waals surface area contributed by atoms with Crippen LogP contribution in [0.1, 0.15) is 6.92 Å². The molecule has 1 saturated heterocycles. The Kier molecular flexibility index (Phi) is 8.61. The van der Waals surface area contributed by atoms with E-state index >= 15 is 0 Å². The third-order valence-electron chi connectivity index (χ3n) is 2.96. The highest BCUT2D eigenvalue weighted by molar-refractivity contribution is 8.61. The Bertz CT molecular complexity index is 336. The van der Waals surface area contributed by atoms with Crippen LogP contribution in [-0.2, 0) is 35.3 Å². The van der Waals surface area contributed by atoms with Crippen LogP contribution in [0.15, 0.2) is 0 Å². The van der Waals surface area contributed by atoms with E-state index in [9.17, 15) is 0 Å². The lowest BCUT2D eigenvalue weighted by molar-refractivity contribution is -0.0295. The van der Waals surface area contributed by atoms with E-state index in [0.29, 0.717) is 26.0 Å². The number of methoxy groups -OCH3 is 2. The molecule has 0 amide bonds. The van der Waals surface area contributed by atoms with Crippen molar-refractivity contribution in [3.05, 3.63) is 0 Å². The monoisotopic (exact) mass is 340 g/mol. The molecule has 1 rings (SSSR count). The van der Waals surface area contributed by atoms with Crippen LogP contribution in [0, 0.1) is 0 Å². The van der Waals surface area contributed by atoms with Gasteiger partial charge < -0.3 is 23.5 Å². The molecule has 116 valence electrons. The fraction of sp³-hybridized carbons (Fsp3) is 1.00. The third-order valence-corrected chi connectivity index (χ3v) is 6.50. The van der Waals surface area contributed by atoms with Crippen LogP contribution in [-0.4, -0.2) is 72.4 Å². The molecule has 0 aromatic rings. The van der Waals surface area contributed by atoms with Crippen LogP contribution >= 0.6 is 17.7 Å². The molecule has 9 heteroatoms. The number of hydrogen-bond donors (Lipinski definition) is 1. The largest absolute Gasteiger partial charge is 0.382 e. The van der Waals surface area contributed by atoms with Crippen molar-refractivity contribution in [1.29, 1.82) is 0 Å². The topological polar surface area (TPSA) is 46.2 Å². The molecule has 0 spiro atoms. The Labute approximate surface area is 132 Å². The van der Waals surface area contributed by atoms with Gasteiger partial charge in [0.05, 0.1) is 19.8 Å². The van der Waals surface area contributed by atoms with Gasteiger partial charge in [0.15, 0.2) is 0 Å². The molecule has 2 radical (unpaired) electrons. The maximum absolute atomic E-state index is 5.97. The van der Waals surface area contributed by atoms with Gasteiger partial charge >= 0.3 is 0 Å². The Morgan fingerprint density at radius 2 is 1.95 bits per heavy atom. The van der Waals surface area contributed by atoms with E-state index in [1.54, 1.807) is 14.2 Å². The molecule has 1 fully saturated rings. The molecule has 0 N–H and O–H groups in total. The molecule has 0 aliphatic carbocycles. The van der Waals surface area contributed by atoms with Gasteiger partial charge in [-0.05, 0) is 0 Å². The van der Waals surface area contributed by atoms with Crippen LogP contribution in [0.25, 0.3) is 0 Å². The average Bonchev–Trinajstić information content (AvgIpc) is 2.67. The second-order valence-electron chi connectivity index (χ2n) is 4.45. The summed E-state index contributed by atoms with van der Waals surface area (Å²) in [6, 6.07) is -0.572. The first kappa shape index (κ1) is 18.9. The van der Waals surface area contributed by atoms with Crippen molar-refractivity contribution in [2.24, 2.45) is 0 Å². The molecule has 5 atom stereocenters. The summed E-state index contributed by atoms with van der Waals surface area (Å²) >= 11 is 9.82. The molecule has 0 aromatic carbocycles. The van der Waals surface area contributed by atoms with Crippen LogP contribution in [0.5, 0.6) is 0 Å². The molecular weight excluding hydrogens is 318 g/mol. The van der Waals surface area contributed by atoms with E-state index in [4.69, 9.17) is 43.1 Å². The molecule has 20 heavy (non-hydrogen) atoms. The summed E-state index contributed by atoms with van der Waals surface area (Å²) in [6.45, 7) is 3.22. The molecule has 1 heterocycles. The maximum Gasteiger partial charge on any atom is 0.120 e. The van der Waals surface area contributed by atoms with Crippen LogP contribution < -0.4 is 0 Å². The molecule has 1 aliphatic rings. The number of hydrogen-bond acceptors (Lipinski definition) is 6. The zero-order chi connectivity index (χ0) is 15.2. The Morgan fingerprint density at radius 1 is 1.25 bits per heavy atom. The molecule has 0 bridgehead atoms. The zero-order valence-electron chi connectivity index (χ0n) is 12.1. The van der Waals surface area contributed by atoms with Crippen LogP contribution in [0.3, 0.4) is 0 Å². The lowest BCUT2D eigenvalue weighted by Crippen LogP contribution is -2.39. The zero-order valence-corrected chi connectivity index (χ0v) is 14.7. The van der Waals surface area contributed by atoms with Crippen LogP contribution in [0.2, 0.25) is 0 Å². The molecule has 0 aromatic heterocycles. The summed E-state index contributed by atoms with van der Waals surface area (Å²) in [5.41, 5.74) is -2.16. The number of rotatable bonds is 9. The van der Waals surface area contributed by atoms with Crippen molar-refractivity contribution in [3.63, 3.8) is 0 Å². The summed E-state index contributed by atoms with van der Waals surface area (Å²) in [7, 11) is 9.17. The minimum atomic E-state index is -2.16.